The summed E-state index contributed by atoms with van der Waals surface area (Å²) in [4.78, 5) is 14.0. The lowest BCUT2D eigenvalue weighted by Gasteiger charge is -2.32. The Morgan fingerprint density at radius 3 is 1.50 bits per heavy atom. The third kappa shape index (κ3) is 8.98. The van der Waals surface area contributed by atoms with E-state index >= 15 is 0 Å². The van der Waals surface area contributed by atoms with Crippen molar-refractivity contribution in [3.63, 3.8) is 0 Å². The summed E-state index contributed by atoms with van der Waals surface area (Å²) in [6.45, 7) is 5.90. The van der Waals surface area contributed by atoms with Gasteiger partial charge in [0.1, 0.15) is 0 Å². The monoisotopic (exact) mass is 448 g/mol. The molecule has 0 aromatic carbocycles. The largest absolute Gasteiger partial charge is 0.395 e. The molecule has 0 saturated carbocycles. The maximum Gasteiger partial charge on any atom is 0.365 e. The Bertz CT molecular complexity index is 480. The lowest BCUT2D eigenvalue weighted by atomic mass is 10.4. The normalized spacial score (nSPS) is 12.7. The van der Waals surface area contributed by atoms with Crippen molar-refractivity contribution in [2.45, 2.75) is 33.2 Å². The summed E-state index contributed by atoms with van der Waals surface area (Å²) in [5, 5.41) is 20.6. The van der Waals surface area contributed by atoms with Crippen molar-refractivity contribution in [1.29, 1.82) is 0 Å². The van der Waals surface area contributed by atoms with Crippen LogP contribution in [0.1, 0.15) is 27.7 Å². The predicted molar refractivity (Wildman–Crippen MR) is 104 cm³/mol. The Morgan fingerprint density at radius 2 is 1.21 bits per heavy atom. The van der Waals surface area contributed by atoms with E-state index in [4.69, 9.17) is 28.3 Å². The Balaban J connectivity index is 5.79. The minimum Gasteiger partial charge on any atom is -0.395 e. The van der Waals surface area contributed by atoms with Crippen LogP contribution in [0.4, 0.5) is 0 Å². The number of rotatable bonds is 17. The van der Waals surface area contributed by atoms with Crippen molar-refractivity contribution < 1.29 is 42.2 Å². The second-order valence-corrected chi connectivity index (χ2v) is 10.0. The van der Waals surface area contributed by atoms with Gasteiger partial charge in [-0.15, -0.1) is 0 Å². The number of aliphatic hydroxyl groups is 2. The van der Waals surface area contributed by atoms with Crippen LogP contribution in [0.2, 0.25) is 0 Å². The summed E-state index contributed by atoms with van der Waals surface area (Å²) in [5.74, 6) is -0.661. The first-order valence-electron chi connectivity index (χ1n) is 9.27. The van der Waals surface area contributed by atoms with E-state index < -0.39 is 26.6 Å². The fourth-order valence-electron chi connectivity index (χ4n) is 2.35. The summed E-state index contributed by atoms with van der Waals surface area (Å²) in [5.41, 5.74) is -1.66. The molecule has 0 fully saturated rings. The minimum absolute atomic E-state index is 0.0109. The average Bonchev–Trinajstić information content (AvgIpc) is 2.61. The summed E-state index contributed by atoms with van der Waals surface area (Å²) in [7, 11) is -8.20. The molecule has 0 heterocycles. The highest BCUT2D eigenvalue weighted by Crippen LogP contribution is 2.69. The Hall–Kier alpha value is -0.350. The maximum absolute atomic E-state index is 13.3. The highest BCUT2D eigenvalue weighted by molar-refractivity contribution is 7.72. The molecule has 0 aliphatic rings. The Morgan fingerprint density at radius 1 is 0.857 bits per heavy atom. The quantitative estimate of drug-likeness (QED) is 0.278. The molecule has 1 amide bonds. The van der Waals surface area contributed by atoms with Gasteiger partial charge in [0.15, 0.2) is 0 Å². The smallest absolute Gasteiger partial charge is 0.365 e. The first kappa shape index (κ1) is 27.6. The summed E-state index contributed by atoms with van der Waals surface area (Å²) >= 11 is 0. The molecule has 0 aromatic heterocycles. The number of amides is 1. The lowest BCUT2D eigenvalue weighted by molar-refractivity contribution is -0.122. The van der Waals surface area contributed by atoms with Gasteiger partial charge in [0, 0.05) is 13.1 Å². The van der Waals surface area contributed by atoms with E-state index in [9.17, 15) is 13.9 Å². The third-order valence-corrected chi connectivity index (χ3v) is 8.95. The fourth-order valence-corrected chi connectivity index (χ4v) is 7.30. The molecule has 0 aliphatic carbocycles. The summed E-state index contributed by atoms with van der Waals surface area (Å²) in [6.07, 6.45) is 0. The molecule has 0 spiro atoms. The number of nitrogens with one attached hydrogen (secondary N) is 1. The van der Waals surface area contributed by atoms with Gasteiger partial charge in [-0.1, -0.05) is 0 Å². The van der Waals surface area contributed by atoms with Crippen LogP contribution in [-0.2, 0) is 32.0 Å². The van der Waals surface area contributed by atoms with Gasteiger partial charge >= 0.3 is 15.2 Å². The van der Waals surface area contributed by atoms with E-state index in [2.05, 4.69) is 5.32 Å². The number of carbonyl (C=O) groups is 1. The summed E-state index contributed by atoms with van der Waals surface area (Å²) in [6, 6.07) is 0. The van der Waals surface area contributed by atoms with E-state index in [1.54, 1.807) is 27.7 Å². The molecule has 0 unspecified atom stereocenters. The highest BCUT2D eigenvalue weighted by atomic mass is 31.2. The minimum atomic E-state index is -4.10. The van der Waals surface area contributed by atoms with Gasteiger partial charge in [0.2, 0.25) is 11.4 Å². The number of nitrogens with zero attached hydrogens (tertiary/aromatic N) is 1. The predicted octanol–water partition coefficient (Wildman–Crippen LogP) is 1.20. The molecule has 3 N–H and O–H groups in total. The second-order valence-electron chi connectivity index (χ2n) is 5.42. The topological polar surface area (TPSA) is 144 Å². The van der Waals surface area contributed by atoms with Crippen LogP contribution >= 0.6 is 15.2 Å². The first-order valence-corrected chi connectivity index (χ1v) is 12.5. The van der Waals surface area contributed by atoms with Gasteiger partial charge in [-0.25, -0.2) is 0 Å². The van der Waals surface area contributed by atoms with Crippen LogP contribution in [-0.4, -0.2) is 85.8 Å². The van der Waals surface area contributed by atoms with Gasteiger partial charge in [0.05, 0.1) is 46.2 Å². The number of aliphatic hydroxyl groups excluding tert-OH is 2. The molecule has 28 heavy (non-hydrogen) atoms. The van der Waals surface area contributed by atoms with Gasteiger partial charge in [-0.3, -0.25) is 18.8 Å². The van der Waals surface area contributed by atoms with Gasteiger partial charge in [-0.2, -0.15) is 0 Å². The third-order valence-electron chi connectivity index (χ3n) is 3.33. The molecule has 0 saturated heterocycles. The van der Waals surface area contributed by atoms with E-state index in [1.807, 2.05) is 0 Å². The second kappa shape index (κ2) is 14.6. The molecule has 13 heteroatoms. The van der Waals surface area contributed by atoms with Crippen molar-refractivity contribution in [1.82, 2.24) is 10.2 Å². The summed E-state index contributed by atoms with van der Waals surface area (Å²) < 4.78 is 47.7. The van der Waals surface area contributed by atoms with Crippen LogP contribution in [0, 0.1) is 0 Å². The number of carbonyl (C=O) groups excluding carboxylic acids is 1. The highest BCUT2D eigenvalue weighted by Gasteiger charge is 2.52. The molecule has 0 bridgehead atoms. The lowest BCUT2D eigenvalue weighted by Crippen LogP contribution is -2.44. The van der Waals surface area contributed by atoms with Crippen LogP contribution < -0.4 is 5.32 Å². The molecular weight excluding hydrogens is 414 g/mol. The maximum atomic E-state index is 13.3. The van der Waals surface area contributed by atoms with Gasteiger partial charge in [0.25, 0.3) is 0 Å². The van der Waals surface area contributed by atoms with E-state index in [1.165, 1.54) is 4.90 Å². The molecule has 0 aromatic rings. The zero-order chi connectivity index (χ0) is 21.6. The molecule has 168 valence electrons. The Kier molecular flexibility index (Phi) is 14.4. The zero-order valence-corrected chi connectivity index (χ0v) is 18.8. The number of hydrogen-bond donors (Lipinski definition) is 3. The molecule has 0 aliphatic heterocycles. The SMILES string of the molecule is CCOP(=O)(OCC)C(NC(=O)CN(CCO)CCO)P(=O)(OCC)OCC. The van der Waals surface area contributed by atoms with Crippen LogP contribution in [0.5, 0.6) is 0 Å². The van der Waals surface area contributed by atoms with Crippen molar-refractivity contribution in [3.05, 3.63) is 0 Å². The zero-order valence-electron chi connectivity index (χ0n) is 17.0. The molecule has 0 rings (SSSR count). The molecule has 0 radical (unpaired) electrons. The average molecular weight is 448 g/mol. The van der Waals surface area contributed by atoms with Gasteiger partial charge < -0.3 is 33.6 Å². The van der Waals surface area contributed by atoms with Crippen LogP contribution in [0.15, 0.2) is 0 Å². The molecular formula is C15H34N2O9P2. The Labute approximate surface area is 166 Å². The fraction of sp³-hybridized carbons (Fsp3) is 0.933. The first-order chi connectivity index (χ1) is 13.3. The van der Waals surface area contributed by atoms with E-state index in [0.29, 0.717) is 0 Å². The molecule has 0 atom stereocenters. The van der Waals surface area contributed by atoms with E-state index in [0.717, 1.165) is 0 Å². The standard InChI is InChI=1S/C15H34N2O9P2/c1-5-23-27(21,24-6-2)15(28(22,25-7-3)26-8-4)16-14(20)13-17(9-11-18)10-12-19/h15,18-19H,5-13H2,1-4H3,(H,16,20). The molecule has 11 nitrogen and oxygen atoms in total. The van der Waals surface area contributed by atoms with Crippen molar-refractivity contribution in [2.75, 3.05) is 59.3 Å². The van der Waals surface area contributed by atoms with Crippen LogP contribution in [0.3, 0.4) is 0 Å². The number of hydrogen-bond acceptors (Lipinski definition) is 10. The van der Waals surface area contributed by atoms with Gasteiger partial charge in [-0.05, 0) is 27.7 Å². The van der Waals surface area contributed by atoms with Crippen molar-refractivity contribution in [2.24, 2.45) is 0 Å². The van der Waals surface area contributed by atoms with Crippen LogP contribution in [0.25, 0.3) is 0 Å². The van der Waals surface area contributed by atoms with Crippen molar-refractivity contribution >= 4 is 21.1 Å². The van der Waals surface area contributed by atoms with E-state index in [-0.39, 0.29) is 59.3 Å². The van der Waals surface area contributed by atoms with Crippen molar-refractivity contribution in [3.8, 4) is 0 Å².